The van der Waals surface area contributed by atoms with E-state index in [0.717, 1.165) is 114 Å². The highest BCUT2D eigenvalue weighted by Crippen LogP contribution is 2.45. The molecular formula is C77H150O17P2. The van der Waals surface area contributed by atoms with Crippen molar-refractivity contribution in [3.8, 4) is 0 Å². The van der Waals surface area contributed by atoms with E-state index < -0.39 is 97.5 Å². The van der Waals surface area contributed by atoms with Gasteiger partial charge in [-0.15, -0.1) is 0 Å². The first-order chi connectivity index (χ1) is 46.2. The summed E-state index contributed by atoms with van der Waals surface area (Å²) in [5.41, 5.74) is 0. The molecule has 0 aliphatic heterocycles. The zero-order valence-electron chi connectivity index (χ0n) is 63.0. The van der Waals surface area contributed by atoms with Crippen LogP contribution >= 0.6 is 15.6 Å². The molecule has 0 rings (SSSR count). The van der Waals surface area contributed by atoms with Crippen LogP contribution in [0, 0.1) is 23.7 Å². The Morgan fingerprint density at radius 2 is 0.500 bits per heavy atom. The smallest absolute Gasteiger partial charge is 0.462 e. The predicted octanol–water partition coefficient (Wildman–Crippen LogP) is 22.4. The van der Waals surface area contributed by atoms with Crippen LogP contribution in [0.3, 0.4) is 0 Å². The van der Waals surface area contributed by atoms with Crippen molar-refractivity contribution in [2.24, 2.45) is 23.7 Å². The molecule has 0 aromatic carbocycles. The summed E-state index contributed by atoms with van der Waals surface area (Å²) in [5, 5.41) is 10.6. The first-order valence-electron chi connectivity index (χ1n) is 39.8. The summed E-state index contributed by atoms with van der Waals surface area (Å²) in [6.45, 7) is 14.2. The normalized spacial score (nSPS) is 14.7. The molecule has 17 nitrogen and oxygen atoms in total. The molecule has 0 radical (unpaired) electrons. The fourth-order valence-electron chi connectivity index (χ4n) is 11.7. The average molecular weight is 1410 g/mol. The Kier molecular flexibility index (Phi) is 65.0. The van der Waals surface area contributed by atoms with Crippen LogP contribution < -0.4 is 0 Å². The van der Waals surface area contributed by atoms with Gasteiger partial charge in [-0.05, 0) is 49.4 Å². The van der Waals surface area contributed by atoms with Crippen LogP contribution in [0.4, 0.5) is 0 Å². The lowest BCUT2D eigenvalue weighted by atomic mass is 9.99. The standard InChI is InChI=1S/C77H150O17P2/c1-9-69(7)55-47-39-31-23-19-15-11-12-16-20-24-34-43-51-59-76(81)93-72(63-87-74(79)57-49-41-33-27-26-32-40-48-56-70(8)10-2)65-91-95(83,84)89-61-71(78)62-90-96(85,86)92-66-73(64-88-75(80)58-50-42-36-28-30-38-46-54-68(5)6)94-77(82)60-52-44-35-25-21-17-13-14-18-22-29-37-45-53-67(3)4/h67-73,78H,9-66H2,1-8H3,(H,83,84)(H,85,86)/t69?,70?,71?,72-,73-/m1/s1. The molecule has 0 saturated carbocycles. The minimum absolute atomic E-state index is 0.106. The highest BCUT2D eigenvalue weighted by molar-refractivity contribution is 7.47. The Hall–Kier alpha value is -1.94. The van der Waals surface area contributed by atoms with Gasteiger partial charge < -0.3 is 33.8 Å². The van der Waals surface area contributed by atoms with Gasteiger partial charge in [-0.3, -0.25) is 37.3 Å². The summed E-state index contributed by atoms with van der Waals surface area (Å²) in [5.74, 6) is 0.995. The van der Waals surface area contributed by atoms with Crippen molar-refractivity contribution in [1.82, 2.24) is 0 Å². The average Bonchev–Trinajstić information content (AvgIpc) is 1.32. The Balaban J connectivity index is 5.24. The minimum Gasteiger partial charge on any atom is -0.462 e. The van der Waals surface area contributed by atoms with Gasteiger partial charge in [0.05, 0.1) is 26.4 Å². The van der Waals surface area contributed by atoms with E-state index in [1.165, 1.54) is 186 Å². The van der Waals surface area contributed by atoms with Gasteiger partial charge in [0.15, 0.2) is 12.2 Å². The highest BCUT2D eigenvalue weighted by atomic mass is 31.2. The fourth-order valence-corrected chi connectivity index (χ4v) is 13.2. The molecule has 5 unspecified atom stereocenters. The van der Waals surface area contributed by atoms with Crippen LogP contribution in [0.5, 0.6) is 0 Å². The molecule has 3 N–H and O–H groups in total. The Bertz CT molecular complexity index is 1890. The second kappa shape index (κ2) is 66.3. The van der Waals surface area contributed by atoms with Gasteiger partial charge in [-0.1, -0.05) is 338 Å². The lowest BCUT2D eigenvalue weighted by Gasteiger charge is -2.21. The predicted molar refractivity (Wildman–Crippen MR) is 391 cm³/mol. The first kappa shape index (κ1) is 94.1. The molecule has 0 heterocycles. The number of hydrogen-bond acceptors (Lipinski definition) is 15. The number of phosphoric acid groups is 2. The van der Waals surface area contributed by atoms with E-state index in [0.29, 0.717) is 31.6 Å². The molecule has 0 saturated heterocycles. The molecule has 7 atom stereocenters. The van der Waals surface area contributed by atoms with Crippen molar-refractivity contribution in [2.45, 2.75) is 408 Å². The maximum atomic E-state index is 13.1. The second-order valence-electron chi connectivity index (χ2n) is 29.2. The molecule has 0 aromatic heterocycles. The van der Waals surface area contributed by atoms with E-state index in [1.807, 2.05) is 0 Å². The van der Waals surface area contributed by atoms with E-state index in [2.05, 4.69) is 55.4 Å². The molecule has 0 aromatic rings. The molecule has 0 amide bonds. The van der Waals surface area contributed by atoms with Crippen LogP contribution in [-0.2, 0) is 65.4 Å². The van der Waals surface area contributed by atoms with Crippen LogP contribution in [0.15, 0.2) is 0 Å². The molecule has 0 aliphatic rings. The van der Waals surface area contributed by atoms with Gasteiger partial charge in [0.2, 0.25) is 0 Å². The quantitative estimate of drug-likeness (QED) is 0.0222. The lowest BCUT2D eigenvalue weighted by Crippen LogP contribution is -2.30. The summed E-state index contributed by atoms with van der Waals surface area (Å²) in [4.78, 5) is 72.9. The summed E-state index contributed by atoms with van der Waals surface area (Å²) >= 11 is 0. The maximum Gasteiger partial charge on any atom is 0.472 e. The van der Waals surface area contributed by atoms with E-state index >= 15 is 0 Å². The molecule has 0 bridgehead atoms. The Labute approximate surface area is 588 Å². The molecule has 96 heavy (non-hydrogen) atoms. The van der Waals surface area contributed by atoms with Crippen LogP contribution in [-0.4, -0.2) is 96.7 Å². The number of ether oxygens (including phenoxy) is 4. The van der Waals surface area contributed by atoms with Gasteiger partial charge in [-0.2, -0.15) is 0 Å². The number of phosphoric ester groups is 2. The minimum atomic E-state index is -4.96. The van der Waals surface area contributed by atoms with Crippen molar-refractivity contribution in [3.63, 3.8) is 0 Å². The summed E-state index contributed by atoms with van der Waals surface area (Å²) in [7, 11) is -9.92. The zero-order chi connectivity index (χ0) is 71.0. The monoisotopic (exact) mass is 1410 g/mol. The van der Waals surface area contributed by atoms with E-state index in [4.69, 9.17) is 37.0 Å². The number of unbranched alkanes of at least 4 members (excludes halogenated alkanes) is 38. The fraction of sp³-hybridized carbons (Fsp3) is 0.948. The molecule has 0 aliphatic carbocycles. The second-order valence-corrected chi connectivity index (χ2v) is 32.1. The first-order valence-corrected chi connectivity index (χ1v) is 42.8. The van der Waals surface area contributed by atoms with Crippen molar-refractivity contribution < 1.29 is 80.2 Å². The SMILES string of the molecule is CCC(C)CCCCCCCCCCCCCCCCC(=O)O[C@H](COC(=O)CCCCCCCCCCC(C)CC)COP(=O)(O)OCC(O)COP(=O)(O)OC[C@@H](COC(=O)CCCCCCCCCC(C)C)OC(=O)CCCCCCCCCCCCCCCC(C)C. The van der Waals surface area contributed by atoms with Gasteiger partial charge in [-0.25, -0.2) is 9.13 Å². The highest BCUT2D eigenvalue weighted by Gasteiger charge is 2.30. The van der Waals surface area contributed by atoms with Crippen LogP contribution in [0.1, 0.15) is 389 Å². The number of esters is 4. The molecule has 19 heteroatoms. The Morgan fingerprint density at radius 1 is 0.292 bits per heavy atom. The number of rotatable bonds is 74. The summed E-state index contributed by atoms with van der Waals surface area (Å²) in [6.07, 6.45) is 51.3. The molecule has 0 fully saturated rings. The van der Waals surface area contributed by atoms with Gasteiger partial charge in [0.25, 0.3) is 0 Å². The van der Waals surface area contributed by atoms with E-state index in [9.17, 15) is 43.2 Å². The van der Waals surface area contributed by atoms with E-state index in [-0.39, 0.29) is 25.7 Å². The van der Waals surface area contributed by atoms with Crippen molar-refractivity contribution in [1.29, 1.82) is 0 Å². The van der Waals surface area contributed by atoms with Crippen LogP contribution in [0.25, 0.3) is 0 Å². The van der Waals surface area contributed by atoms with Crippen LogP contribution in [0.2, 0.25) is 0 Å². The zero-order valence-corrected chi connectivity index (χ0v) is 64.8. The number of aliphatic hydroxyl groups excluding tert-OH is 1. The third kappa shape index (κ3) is 67.9. The number of hydrogen-bond donors (Lipinski definition) is 3. The van der Waals surface area contributed by atoms with E-state index in [1.54, 1.807) is 0 Å². The summed E-state index contributed by atoms with van der Waals surface area (Å²) < 4.78 is 68.6. The maximum absolute atomic E-state index is 13.1. The Morgan fingerprint density at radius 3 is 0.740 bits per heavy atom. The molecule has 570 valence electrons. The third-order valence-electron chi connectivity index (χ3n) is 18.5. The van der Waals surface area contributed by atoms with Gasteiger partial charge in [0, 0.05) is 25.7 Å². The van der Waals surface area contributed by atoms with Crippen molar-refractivity contribution in [3.05, 3.63) is 0 Å². The number of carbonyl (C=O) groups excluding carboxylic acids is 4. The van der Waals surface area contributed by atoms with Crippen molar-refractivity contribution in [2.75, 3.05) is 39.6 Å². The largest absolute Gasteiger partial charge is 0.472 e. The summed E-state index contributed by atoms with van der Waals surface area (Å²) in [6, 6.07) is 0. The van der Waals surface area contributed by atoms with Gasteiger partial charge in [0.1, 0.15) is 19.3 Å². The molecule has 0 spiro atoms. The molecular weight excluding hydrogens is 1260 g/mol. The number of aliphatic hydroxyl groups is 1. The lowest BCUT2D eigenvalue weighted by molar-refractivity contribution is -0.161. The topological polar surface area (TPSA) is 237 Å². The third-order valence-corrected chi connectivity index (χ3v) is 20.4. The van der Waals surface area contributed by atoms with Crippen molar-refractivity contribution >= 4 is 39.5 Å². The van der Waals surface area contributed by atoms with Gasteiger partial charge >= 0.3 is 39.5 Å². The number of carbonyl (C=O) groups is 4.